The van der Waals surface area contributed by atoms with Crippen molar-refractivity contribution in [2.45, 2.75) is 13.5 Å². The molecule has 3 rings (SSSR count). The SMILES string of the molecule is CCNC(=NCc1ccc(OC)c(OC)c1)N1CCN(c2ccccc2OC)CC1.I. The summed E-state index contributed by atoms with van der Waals surface area (Å²) < 4.78 is 16.2. The lowest BCUT2D eigenvalue weighted by Crippen LogP contribution is -2.52. The third-order valence-corrected chi connectivity index (χ3v) is 5.20. The number of para-hydroxylation sites is 2. The zero-order chi connectivity index (χ0) is 21.3. The molecule has 1 aliphatic heterocycles. The number of nitrogens with zero attached hydrogens (tertiary/aromatic N) is 3. The minimum absolute atomic E-state index is 0. The lowest BCUT2D eigenvalue weighted by Gasteiger charge is -2.38. The maximum atomic E-state index is 5.52. The second-order valence-electron chi connectivity index (χ2n) is 7.01. The Morgan fingerprint density at radius 3 is 2.23 bits per heavy atom. The van der Waals surface area contributed by atoms with Crippen molar-refractivity contribution in [1.29, 1.82) is 0 Å². The van der Waals surface area contributed by atoms with Gasteiger partial charge in [-0.1, -0.05) is 18.2 Å². The van der Waals surface area contributed by atoms with Crippen LogP contribution in [0.1, 0.15) is 12.5 Å². The molecule has 2 aromatic rings. The molecule has 0 atom stereocenters. The number of nitrogens with one attached hydrogen (secondary N) is 1. The number of hydrogen-bond acceptors (Lipinski definition) is 5. The van der Waals surface area contributed by atoms with Crippen molar-refractivity contribution in [2.75, 3.05) is 59.0 Å². The van der Waals surface area contributed by atoms with Crippen LogP contribution < -0.4 is 24.4 Å². The van der Waals surface area contributed by atoms with Gasteiger partial charge in [-0.3, -0.25) is 0 Å². The summed E-state index contributed by atoms with van der Waals surface area (Å²) >= 11 is 0. The summed E-state index contributed by atoms with van der Waals surface area (Å²) in [4.78, 5) is 9.55. The van der Waals surface area contributed by atoms with Gasteiger partial charge in [0.1, 0.15) is 5.75 Å². The van der Waals surface area contributed by atoms with Crippen molar-refractivity contribution in [2.24, 2.45) is 4.99 Å². The molecule has 0 aliphatic carbocycles. The molecule has 31 heavy (non-hydrogen) atoms. The molecule has 0 bridgehead atoms. The second-order valence-corrected chi connectivity index (χ2v) is 7.01. The van der Waals surface area contributed by atoms with Gasteiger partial charge in [-0.2, -0.15) is 0 Å². The first-order chi connectivity index (χ1) is 14.7. The van der Waals surface area contributed by atoms with Crippen molar-refractivity contribution in [3.63, 3.8) is 0 Å². The van der Waals surface area contributed by atoms with Gasteiger partial charge in [0.2, 0.25) is 0 Å². The first kappa shape index (κ1) is 24.9. The van der Waals surface area contributed by atoms with Crippen LogP contribution in [0.2, 0.25) is 0 Å². The van der Waals surface area contributed by atoms with Gasteiger partial charge >= 0.3 is 0 Å². The van der Waals surface area contributed by atoms with Crippen LogP contribution >= 0.6 is 24.0 Å². The first-order valence-electron chi connectivity index (χ1n) is 10.3. The fourth-order valence-corrected chi connectivity index (χ4v) is 3.62. The number of rotatable bonds is 7. The standard InChI is InChI=1S/C23H32N4O3.HI/c1-5-24-23(25-17-18-10-11-21(29-3)22(16-18)30-4)27-14-12-26(13-15-27)19-8-6-7-9-20(19)28-2;/h6-11,16H,5,12-15,17H2,1-4H3,(H,24,25);1H. The Balaban J connectivity index is 0.00000341. The Bertz CT molecular complexity index is 854. The van der Waals surface area contributed by atoms with Crippen LogP contribution in [0.5, 0.6) is 17.2 Å². The summed E-state index contributed by atoms with van der Waals surface area (Å²) in [7, 11) is 5.01. The van der Waals surface area contributed by atoms with Crippen molar-refractivity contribution in [3.8, 4) is 17.2 Å². The average Bonchev–Trinajstić information content (AvgIpc) is 2.81. The predicted molar refractivity (Wildman–Crippen MR) is 137 cm³/mol. The fraction of sp³-hybridized carbons (Fsp3) is 0.435. The van der Waals surface area contributed by atoms with E-state index in [1.54, 1.807) is 21.3 Å². The van der Waals surface area contributed by atoms with Gasteiger partial charge in [-0.05, 0) is 36.8 Å². The van der Waals surface area contributed by atoms with Gasteiger partial charge in [0.15, 0.2) is 17.5 Å². The van der Waals surface area contributed by atoms with E-state index in [2.05, 4.69) is 34.2 Å². The summed E-state index contributed by atoms with van der Waals surface area (Å²) in [5.41, 5.74) is 2.22. The number of methoxy groups -OCH3 is 3. The predicted octanol–water partition coefficient (Wildman–Crippen LogP) is 3.62. The molecule has 1 heterocycles. The Kier molecular flexibility index (Phi) is 10.0. The summed E-state index contributed by atoms with van der Waals surface area (Å²) in [6, 6.07) is 14.1. The molecular formula is C23H33IN4O3. The van der Waals surface area contributed by atoms with Crippen LogP contribution in [-0.2, 0) is 6.54 Å². The highest BCUT2D eigenvalue weighted by molar-refractivity contribution is 14.0. The Morgan fingerprint density at radius 1 is 0.903 bits per heavy atom. The number of aliphatic imine (C=N–C) groups is 1. The molecule has 1 aliphatic rings. The van der Waals surface area contributed by atoms with Crippen LogP contribution in [0, 0.1) is 0 Å². The van der Waals surface area contributed by atoms with E-state index in [-0.39, 0.29) is 24.0 Å². The molecule has 7 nitrogen and oxygen atoms in total. The zero-order valence-electron chi connectivity index (χ0n) is 18.8. The normalized spacial score (nSPS) is 14.0. The molecular weight excluding hydrogens is 507 g/mol. The third-order valence-electron chi connectivity index (χ3n) is 5.20. The fourth-order valence-electron chi connectivity index (χ4n) is 3.62. The highest BCUT2D eigenvalue weighted by Crippen LogP contribution is 2.29. The van der Waals surface area contributed by atoms with Crippen molar-refractivity contribution in [1.82, 2.24) is 10.2 Å². The molecule has 0 amide bonds. The molecule has 1 N–H and O–H groups in total. The summed E-state index contributed by atoms with van der Waals surface area (Å²) in [5, 5.41) is 3.43. The molecule has 8 heteroatoms. The number of piperazine rings is 1. The van der Waals surface area contributed by atoms with Crippen LogP contribution in [0.4, 0.5) is 5.69 Å². The molecule has 0 aromatic heterocycles. The monoisotopic (exact) mass is 540 g/mol. The Labute approximate surface area is 202 Å². The van der Waals surface area contributed by atoms with E-state index in [4.69, 9.17) is 19.2 Å². The highest BCUT2D eigenvalue weighted by atomic mass is 127. The van der Waals surface area contributed by atoms with Gasteiger partial charge in [0.05, 0.1) is 33.6 Å². The number of guanidine groups is 1. The van der Waals surface area contributed by atoms with Crippen molar-refractivity contribution >= 4 is 35.6 Å². The molecule has 0 spiro atoms. The maximum absolute atomic E-state index is 5.52. The molecule has 0 unspecified atom stereocenters. The van der Waals surface area contributed by atoms with Gasteiger partial charge in [-0.15, -0.1) is 24.0 Å². The first-order valence-corrected chi connectivity index (χ1v) is 10.3. The quantitative estimate of drug-likeness (QED) is 0.329. The lowest BCUT2D eigenvalue weighted by molar-refractivity contribution is 0.354. The van der Waals surface area contributed by atoms with Crippen LogP contribution in [0.3, 0.4) is 0 Å². The van der Waals surface area contributed by atoms with E-state index in [1.807, 2.05) is 30.3 Å². The summed E-state index contributed by atoms with van der Waals surface area (Å²) in [6.45, 7) is 7.14. The summed E-state index contributed by atoms with van der Waals surface area (Å²) in [5.74, 6) is 3.30. The van der Waals surface area contributed by atoms with E-state index in [9.17, 15) is 0 Å². The van der Waals surface area contributed by atoms with Crippen molar-refractivity contribution in [3.05, 3.63) is 48.0 Å². The largest absolute Gasteiger partial charge is 0.495 e. The molecule has 170 valence electrons. The Hall–Kier alpha value is -2.36. The van der Waals surface area contributed by atoms with Gasteiger partial charge in [0, 0.05) is 32.7 Å². The van der Waals surface area contributed by atoms with E-state index >= 15 is 0 Å². The maximum Gasteiger partial charge on any atom is 0.194 e. The number of benzene rings is 2. The van der Waals surface area contributed by atoms with Crippen LogP contribution in [0.15, 0.2) is 47.5 Å². The van der Waals surface area contributed by atoms with E-state index in [0.29, 0.717) is 6.54 Å². The molecule has 2 aromatic carbocycles. The van der Waals surface area contributed by atoms with E-state index in [1.165, 1.54) is 0 Å². The Morgan fingerprint density at radius 2 is 1.58 bits per heavy atom. The number of halogens is 1. The summed E-state index contributed by atoms with van der Waals surface area (Å²) in [6.07, 6.45) is 0. The molecule has 1 saturated heterocycles. The molecule has 1 fully saturated rings. The van der Waals surface area contributed by atoms with Crippen molar-refractivity contribution < 1.29 is 14.2 Å². The minimum atomic E-state index is 0. The average molecular weight is 540 g/mol. The molecule has 0 saturated carbocycles. The van der Waals surface area contributed by atoms with Gasteiger partial charge in [-0.25, -0.2) is 4.99 Å². The van der Waals surface area contributed by atoms with Crippen LogP contribution in [0.25, 0.3) is 0 Å². The number of hydrogen-bond donors (Lipinski definition) is 1. The van der Waals surface area contributed by atoms with E-state index < -0.39 is 0 Å². The smallest absolute Gasteiger partial charge is 0.194 e. The van der Waals surface area contributed by atoms with Crippen LogP contribution in [-0.4, -0.2) is 64.9 Å². The minimum Gasteiger partial charge on any atom is -0.495 e. The van der Waals surface area contributed by atoms with E-state index in [0.717, 1.165) is 67.2 Å². The van der Waals surface area contributed by atoms with Gasteiger partial charge < -0.3 is 29.3 Å². The van der Waals surface area contributed by atoms with Gasteiger partial charge in [0.25, 0.3) is 0 Å². The lowest BCUT2D eigenvalue weighted by atomic mass is 10.2. The number of ether oxygens (including phenoxy) is 3. The third kappa shape index (κ3) is 6.32. The molecule has 0 radical (unpaired) electrons. The number of anilines is 1. The second kappa shape index (κ2) is 12.5. The zero-order valence-corrected chi connectivity index (χ0v) is 21.1. The topological polar surface area (TPSA) is 58.6 Å². The highest BCUT2D eigenvalue weighted by Gasteiger charge is 2.21.